The second-order valence-corrected chi connectivity index (χ2v) is 5.27. The van der Waals surface area contributed by atoms with Crippen molar-refractivity contribution in [2.75, 3.05) is 25.6 Å². The molecule has 0 saturated carbocycles. The molecule has 1 aliphatic rings. The summed E-state index contributed by atoms with van der Waals surface area (Å²) < 4.78 is 6.59. The lowest BCUT2D eigenvalue weighted by Gasteiger charge is -2.17. The first-order valence-corrected chi connectivity index (χ1v) is 7.45. The Bertz CT molecular complexity index is 539. The van der Waals surface area contributed by atoms with Crippen molar-refractivity contribution in [1.82, 2.24) is 15.1 Å². The predicted octanol–water partition coefficient (Wildman–Crippen LogP) is 0.940. The van der Waals surface area contributed by atoms with Crippen LogP contribution in [-0.4, -0.2) is 41.9 Å². The molecule has 2 amide bonds. The van der Waals surface area contributed by atoms with E-state index in [-0.39, 0.29) is 0 Å². The van der Waals surface area contributed by atoms with E-state index < -0.39 is 11.8 Å². The van der Waals surface area contributed by atoms with E-state index in [0.717, 1.165) is 19.3 Å². The van der Waals surface area contributed by atoms with Crippen molar-refractivity contribution in [2.24, 2.45) is 5.92 Å². The van der Waals surface area contributed by atoms with Crippen molar-refractivity contribution in [2.45, 2.75) is 25.8 Å². The number of carbonyl (C=O) groups excluding carboxylic acids is 2. The van der Waals surface area contributed by atoms with Gasteiger partial charge in [-0.15, -0.1) is 0 Å². The molecule has 1 aromatic heterocycles. The van der Waals surface area contributed by atoms with Crippen LogP contribution < -0.4 is 10.6 Å². The van der Waals surface area contributed by atoms with Crippen LogP contribution in [0.5, 0.6) is 0 Å². The van der Waals surface area contributed by atoms with Crippen LogP contribution in [0.3, 0.4) is 0 Å². The molecule has 2 N–H and O–H groups in total. The normalized spacial score (nSPS) is 17.2. The summed E-state index contributed by atoms with van der Waals surface area (Å²) in [7, 11) is 1.61. The maximum absolute atomic E-state index is 11.8. The summed E-state index contributed by atoms with van der Waals surface area (Å²) in [6.07, 6.45) is 9.01. The third-order valence-electron chi connectivity index (χ3n) is 3.54. The number of amides is 2. The topological polar surface area (TPSA) is 85.2 Å². The van der Waals surface area contributed by atoms with E-state index in [1.165, 1.54) is 0 Å². The summed E-state index contributed by atoms with van der Waals surface area (Å²) in [5, 5.41) is 9.30. The second kappa shape index (κ2) is 8.33. The fourth-order valence-corrected chi connectivity index (χ4v) is 2.27. The average Bonchev–Trinajstić information content (AvgIpc) is 2.99. The summed E-state index contributed by atoms with van der Waals surface area (Å²) in [6, 6.07) is 1.65. The van der Waals surface area contributed by atoms with Gasteiger partial charge in [-0.2, -0.15) is 5.10 Å². The van der Waals surface area contributed by atoms with Gasteiger partial charge in [0, 0.05) is 25.9 Å². The van der Waals surface area contributed by atoms with Gasteiger partial charge in [0.05, 0.1) is 13.2 Å². The molecule has 0 aliphatic heterocycles. The molecule has 1 atom stereocenters. The molecule has 120 valence electrons. The number of hydrogen-bond donors (Lipinski definition) is 2. The van der Waals surface area contributed by atoms with Gasteiger partial charge >= 0.3 is 11.8 Å². The number of nitrogens with zero attached hydrogens (tertiary/aromatic N) is 2. The minimum atomic E-state index is -0.691. The second-order valence-electron chi connectivity index (χ2n) is 5.27. The highest BCUT2D eigenvalue weighted by atomic mass is 16.5. The molecule has 0 radical (unpaired) electrons. The number of carbonyl (C=O) groups is 2. The quantitative estimate of drug-likeness (QED) is 0.605. The van der Waals surface area contributed by atoms with Gasteiger partial charge < -0.3 is 15.4 Å². The maximum atomic E-state index is 11.8. The van der Waals surface area contributed by atoms with Gasteiger partial charge in [0.25, 0.3) is 0 Å². The molecule has 0 aromatic carbocycles. The Morgan fingerprint density at radius 3 is 3.00 bits per heavy atom. The molecule has 7 heteroatoms. The molecule has 2 rings (SSSR count). The Hall–Kier alpha value is -2.15. The van der Waals surface area contributed by atoms with Crippen molar-refractivity contribution in [3.8, 4) is 0 Å². The van der Waals surface area contributed by atoms with Crippen molar-refractivity contribution in [3.63, 3.8) is 0 Å². The zero-order valence-corrected chi connectivity index (χ0v) is 12.7. The highest BCUT2D eigenvalue weighted by Crippen LogP contribution is 2.16. The summed E-state index contributed by atoms with van der Waals surface area (Å²) in [6.45, 7) is 1.65. The first kappa shape index (κ1) is 16.2. The molecule has 0 fully saturated rings. The molecular formula is C15H22N4O3. The first-order valence-electron chi connectivity index (χ1n) is 7.45. The van der Waals surface area contributed by atoms with Crippen LogP contribution in [0.4, 0.5) is 5.82 Å². The van der Waals surface area contributed by atoms with Crippen molar-refractivity contribution in [1.29, 1.82) is 0 Å². The molecule has 0 bridgehead atoms. The largest absolute Gasteiger partial charge is 0.383 e. The third-order valence-corrected chi connectivity index (χ3v) is 3.54. The van der Waals surface area contributed by atoms with Gasteiger partial charge in [0.1, 0.15) is 0 Å². The Labute approximate surface area is 129 Å². The lowest BCUT2D eigenvalue weighted by Crippen LogP contribution is -2.38. The summed E-state index contributed by atoms with van der Waals surface area (Å²) in [5.41, 5.74) is 0. The summed E-state index contributed by atoms with van der Waals surface area (Å²) in [5.74, 6) is -0.545. The number of hydrogen-bond acceptors (Lipinski definition) is 4. The van der Waals surface area contributed by atoms with E-state index in [4.69, 9.17) is 4.74 Å². The summed E-state index contributed by atoms with van der Waals surface area (Å²) in [4.78, 5) is 23.6. The van der Waals surface area contributed by atoms with Gasteiger partial charge in [-0.05, 0) is 25.2 Å². The number of methoxy groups -OCH3 is 1. The molecule has 0 spiro atoms. The smallest absolute Gasteiger partial charge is 0.314 e. The number of ether oxygens (including phenoxy) is 1. The van der Waals surface area contributed by atoms with Gasteiger partial charge in [-0.25, -0.2) is 0 Å². The molecule has 1 heterocycles. The Kier molecular flexibility index (Phi) is 6.14. The van der Waals surface area contributed by atoms with Crippen LogP contribution in [0.2, 0.25) is 0 Å². The minimum absolute atomic E-state index is 0.358. The van der Waals surface area contributed by atoms with Gasteiger partial charge in [-0.3, -0.25) is 14.3 Å². The van der Waals surface area contributed by atoms with E-state index in [0.29, 0.717) is 31.4 Å². The SMILES string of the molecule is COCCn1ccc(NC(=O)C(=O)NC[C@@H]2CC=CCC2)n1. The van der Waals surface area contributed by atoms with Gasteiger partial charge in [-0.1, -0.05) is 12.2 Å². The molecular weight excluding hydrogens is 284 g/mol. The highest BCUT2D eigenvalue weighted by molar-refractivity contribution is 6.39. The van der Waals surface area contributed by atoms with E-state index in [9.17, 15) is 9.59 Å². The highest BCUT2D eigenvalue weighted by Gasteiger charge is 2.17. The molecule has 1 aliphatic carbocycles. The first-order chi connectivity index (χ1) is 10.7. The number of allylic oxidation sites excluding steroid dienone is 2. The Morgan fingerprint density at radius 1 is 1.41 bits per heavy atom. The predicted molar refractivity (Wildman–Crippen MR) is 82.2 cm³/mol. The van der Waals surface area contributed by atoms with Crippen molar-refractivity contribution >= 4 is 17.6 Å². The fraction of sp³-hybridized carbons (Fsp3) is 0.533. The lowest BCUT2D eigenvalue weighted by atomic mass is 9.94. The average molecular weight is 306 g/mol. The lowest BCUT2D eigenvalue weighted by molar-refractivity contribution is -0.136. The van der Waals surface area contributed by atoms with Crippen LogP contribution in [0.25, 0.3) is 0 Å². The van der Waals surface area contributed by atoms with Crippen molar-refractivity contribution in [3.05, 3.63) is 24.4 Å². The minimum Gasteiger partial charge on any atom is -0.383 e. The van der Waals surface area contributed by atoms with Gasteiger partial charge in [0.15, 0.2) is 5.82 Å². The number of rotatable bonds is 6. The van der Waals surface area contributed by atoms with E-state index >= 15 is 0 Å². The number of nitrogens with one attached hydrogen (secondary N) is 2. The molecule has 22 heavy (non-hydrogen) atoms. The summed E-state index contributed by atoms with van der Waals surface area (Å²) >= 11 is 0. The zero-order chi connectivity index (χ0) is 15.8. The fourth-order valence-electron chi connectivity index (χ4n) is 2.27. The number of aromatic nitrogens is 2. The van der Waals surface area contributed by atoms with E-state index in [1.807, 2.05) is 0 Å². The van der Waals surface area contributed by atoms with E-state index in [2.05, 4.69) is 27.9 Å². The molecule has 1 aromatic rings. The third kappa shape index (κ3) is 5.00. The maximum Gasteiger partial charge on any atom is 0.314 e. The van der Waals surface area contributed by atoms with Gasteiger partial charge in [0.2, 0.25) is 0 Å². The van der Waals surface area contributed by atoms with Crippen LogP contribution in [0, 0.1) is 5.92 Å². The van der Waals surface area contributed by atoms with Crippen LogP contribution >= 0.6 is 0 Å². The molecule has 0 saturated heterocycles. The monoisotopic (exact) mass is 306 g/mol. The number of anilines is 1. The zero-order valence-electron chi connectivity index (χ0n) is 12.7. The van der Waals surface area contributed by atoms with Crippen LogP contribution in [0.15, 0.2) is 24.4 Å². The Morgan fingerprint density at radius 2 is 2.27 bits per heavy atom. The van der Waals surface area contributed by atoms with Crippen LogP contribution in [-0.2, 0) is 20.9 Å². The van der Waals surface area contributed by atoms with Crippen molar-refractivity contribution < 1.29 is 14.3 Å². The standard InChI is InChI=1S/C15H22N4O3/c1-22-10-9-19-8-7-13(18-19)17-15(21)14(20)16-11-12-5-3-2-4-6-12/h2-3,7-8,12H,4-6,9-11H2,1H3,(H,16,20)(H,17,18,21)/t12-/m1/s1. The van der Waals surface area contributed by atoms with E-state index in [1.54, 1.807) is 24.1 Å². The van der Waals surface area contributed by atoms with Crippen LogP contribution in [0.1, 0.15) is 19.3 Å². The Balaban J connectivity index is 1.74. The molecule has 0 unspecified atom stereocenters. The molecule has 7 nitrogen and oxygen atoms in total.